The molecule has 0 saturated heterocycles. The Morgan fingerprint density at radius 3 is 2.77 bits per heavy atom. The van der Waals surface area contributed by atoms with Gasteiger partial charge in [-0.1, -0.05) is 48.0 Å². The normalized spacial score (nSPS) is 16.3. The second-order valence-corrected chi connectivity index (χ2v) is 9.22. The molecular formula is C24H17ClN2O2S. The van der Waals surface area contributed by atoms with Gasteiger partial charge >= 0.3 is 0 Å². The lowest BCUT2D eigenvalue weighted by atomic mass is 9.92. The van der Waals surface area contributed by atoms with Gasteiger partial charge in [-0.15, -0.1) is 11.3 Å². The highest BCUT2D eigenvalue weighted by Gasteiger charge is 2.30. The van der Waals surface area contributed by atoms with E-state index in [2.05, 4.69) is 15.6 Å². The monoisotopic (exact) mass is 432 g/mol. The number of aryl methyl sites for hydroxylation is 2. The molecule has 4 aromatic rings. The topological polar surface area (TPSA) is 55.1 Å². The molecule has 2 aliphatic rings. The molecule has 0 saturated carbocycles. The third-order valence-corrected chi connectivity index (χ3v) is 7.67. The SMILES string of the molecule is O=c1nc2n(c3sc4c(c13)CCC4)Cc1ccccc1/C2=C(/O)c1ccccc1Cl. The lowest BCUT2D eigenvalue weighted by molar-refractivity contribution is 0.512. The van der Waals surface area contributed by atoms with Gasteiger partial charge in [-0.2, -0.15) is 4.98 Å². The summed E-state index contributed by atoms with van der Waals surface area (Å²) in [5.74, 6) is 0.542. The standard InChI is InChI=1S/C24H17ClN2O2S/c25-17-10-4-3-8-15(17)21(28)19-14-7-2-1-6-13(14)12-27-22(19)26-23(29)20-16-9-5-11-18(16)30-24(20)27/h1-4,6-8,10,28H,5,9,11-12H2/b21-19-. The fourth-order valence-corrected chi connectivity index (χ4v) is 6.27. The maximum Gasteiger partial charge on any atom is 0.282 e. The molecule has 0 amide bonds. The average molecular weight is 433 g/mol. The number of hydrogen-bond donors (Lipinski definition) is 1. The van der Waals surface area contributed by atoms with Crippen molar-refractivity contribution < 1.29 is 5.11 Å². The summed E-state index contributed by atoms with van der Waals surface area (Å²) >= 11 is 8.08. The molecule has 0 radical (unpaired) electrons. The van der Waals surface area contributed by atoms with Crippen LogP contribution in [0.1, 0.15) is 39.4 Å². The molecule has 0 atom stereocenters. The first-order valence-corrected chi connectivity index (χ1v) is 11.1. The molecule has 0 spiro atoms. The molecule has 0 fully saturated rings. The van der Waals surface area contributed by atoms with Crippen LogP contribution >= 0.6 is 22.9 Å². The van der Waals surface area contributed by atoms with Crippen molar-refractivity contribution >= 4 is 44.5 Å². The molecule has 0 unspecified atom stereocenters. The van der Waals surface area contributed by atoms with Gasteiger partial charge in [0.1, 0.15) is 16.4 Å². The Morgan fingerprint density at radius 2 is 1.90 bits per heavy atom. The predicted octanol–water partition coefficient (Wildman–Crippen LogP) is 5.44. The number of halogens is 1. The van der Waals surface area contributed by atoms with Crippen molar-refractivity contribution in [1.29, 1.82) is 0 Å². The molecule has 6 heteroatoms. The van der Waals surface area contributed by atoms with E-state index in [9.17, 15) is 9.90 Å². The maximum absolute atomic E-state index is 13.1. The van der Waals surface area contributed by atoms with Crippen molar-refractivity contribution in [2.24, 2.45) is 0 Å². The van der Waals surface area contributed by atoms with E-state index in [-0.39, 0.29) is 11.3 Å². The second kappa shape index (κ2) is 6.56. The Morgan fingerprint density at radius 1 is 1.10 bits per heavy atom. The van der Waals surface area contributed by atoms with Gasteiger partial charge in [0.2, 0.25) is 0 Å². The Labute approximate surface area is 181 Å². The first-order valence-electron chi connectivity index (χ1n) is 9.95. The van der Waals surface area contributed by atoms with Crippen LogP contribution in [-0.2, 0) is 19.4 Å². The molecule has 2 aromatic heterocycles. The number of aromatic nitrogens is 2. The number of thiophene rings is 1. The van der Waals surface area contributed by atoms with Crippen LogP contribution in [0.15, 0.2) is 53.3 Å². The zero-order valence-corrected chi connectivity index (χ0v) is 17.6. The van der Waals surface area contributed by atoms with E-state index in [1.807, 2.05) is 30.3 Å². The van der Waals surface area contributed by atoms with Gasteiger partial charge < -0.3 is 9.67 Å². The van der Waals surface area contributed by atoms with E-state index in [4.69, 9.17) is 11.6 Å². The van der Waals surface area contributed by atoms with E-state index in [0.717, 1.165) is 40.6 Å². The first-order chi connectivity index (χ1) is 14.6. The summed E-state index contributed by atoms with van der Waals surface area (Å²) in [4.78, 5) is 19.9. The molecule has 6 rings (SSSR count). The predicted molar refractivity (Wildman–Crippen MR) is 121 cm³/mol. The Bertz CT molecular complexity index is 1450. The van der Waals surface area contributed by atoms with Gasteiger partial charge in [0.05, 0.1) is 22.5 Å². The summed E-state index contributed by atoms with van der Waals surface area (Å²) in [7, 11) is 0. The van der Waals surface area contributed by atoms with Crippen molar-refractivity contribution in [3.63, 3.8) is 0 Å². The quantitative estimate of drug-likeness (QED) is 0.359. The van der Waals surface area contributed by atoms with Gasteiger partial charge in [-0.25, -0.2) is 0 Å². The van der Waals surface area contributed by atoms with Gasteiger partial charge in [-0.3, -0.25) is 4.79 Å². The summed E-state index contributed by atoms with van der Waals surface area (Å²) in [5.41, 5.74) is 4.00. The summed E-state index contributed by atoms with van der Waals surface area (Å²) in [6.45, 7) is 0.619. The molecule has 30 heavy (non-hydrogen) atoms. The number of hydrogen-bond acceptors (Lipinski definition) is 4. The van der Waals surface area contributed by atoms with E-state index >= 15 is 0 Å². The van der Waals surface area contributed by atoms with Gasteiger partial charge in [0.15, 0.2) is 0 Å². The fourth-order valence-electron chi connectivity index (χ4n) is 4.66. The number of fused-ring (bicyclic) bond motifs is 6. The summed E-state index contributed by atoms with van der Waals surface area (Å²) in [6, 6.07) is 15.1. The zero-order valence-electron chi connectivity index (χ0n) is 16.0. The molecule has 0 bridgehead atoms. The lowest BCUT2D eigenvalue weighted by Crippen LogP contribution is -2.23. The van der Waals surface area contributed by atoms with E-state index in [1.165, 1.54) is 10.4 Å². The Hall–Kier alpha value is -2.89. The molecule has 3 heterocycles. The number of benzene rings is 2. The van der Waals surface area contributed by atoms with Crippen LogP contribution in [0.4, 0.5) is 0 Å². The highest BCUT2D eigenvalue weighted by Crippen LogP contribution is 2.41. The van der Waals surface area contributed by atoms with Crippen molar-refractivity contribution in [2.75, 3.05) is 0 Å². The molecular weight excluding hydrogens is 416 g/mol. The Kier molecular flexibility index (Phi) is 3.92. The minimum absolute atomic E-state index is 0.0387. The van der Waals surface area contributed by atoms with Crippen LogP contribution in [0.2, 0.25) is 5.02 Å². The maximum atomic E-state index is 13.1. The van der Waals surface area contributed by atoms with Crippen molar-refractivity contribution in [3.8, 4) is 0 Å². The molecule has 2 aromatic carbocycles. The van der Waals surface area contributed by atoms with Crippen molar-refractivity contribution in [3.05, 3.63) is 96.9 Å². The third kappa shape index (κ3) is 2.45. The van der Waals surface area contributed by atoms with E-state index < -0.39 is 0 Å². The van der Waals surface area contributed by atoms with Crippen LogP contribution in [0.5, 0.6) is 0 Å². The largest absolute Gasteiger partial charge is 0.506 e. The van der Waals surface area contributed by atoms with Gasteiger partial charge in [0, 0.05) is 10.4 Å². The van der Waals surface area contributed by atoms with Gasteiger partial charge in [-0.05, 0) is 48.1 Å². The molecule has 1 aliphatic carbocycles. The second-order valence-electron chi connectivity index (χ2n) is 7.72. The van der Waals surface area contributed by atoms with Crippen LogP contribution in [0.25, 0.3) is 21.5 Å². The number of aliphatic hydroxyl groups is 1. The van der Waals surface area contributed by atoms with Crippen LogP contribution in [-0.4, -0.2) is 14.7 Å². The van der Waals surface area contributed by atoms with Crippen molar-refractivity contribution in [2.45, 2.75) is 25.8 Å². The van der Waals surface area contributed by atoms with Gasteiger partial charge in [0.25, 0.3) is 5.56 Å². The fraction of sp³-hybridized carbons (Fsp3) is 0.167. The minimum atomic E-state index is -0.209. The third-order valence-electron chi connectivity index (χ3n) is 6.03. The van der Waals surface area contributed by atoms with E-state index in [1.54, 1.807) is 23.5 Å². The summed E-state index contributed by atoms with van der Waals surface area (Å²) < 4.78 is 2.09. The number of rotatable bonds is 1. The molecule has 4 nitrogen and oxygen atoms in total. The summed E-state index contributed by atoms with van der Waals surface area (Å²) in [6.07, 6.45) is 3.06. The first kappa shape index (κ1) is 17.9. The number of nitrogens with zero attached hydrogens (tertiary/aromatic N) is 2. The lowest BCUT2D eigenvalue weighted by Gasteiger charge is -2.25. The smallest absolute Gasteiger partial charge is 0.282 e. The van der Waals surface area contributed by atoms with Crippen LogP contribution in [0.3, 0.4) is 0 Å². The highest BCUT2D eigenvalue weighted by atomic mass is 35.5. The average Bonchev–Trinajstić information content (AvgIpc) is 3.34. The highest BCUT2D eigenvalue weighted by molar-refractivity contribution is 7.19. The molecule has 1 N–H and O–H groups in total. The molecule has 148 valence electrons. The van der Waals surface area contributed by atoms with Crippen molar-refractivity contribution in [1.82, 2.24) is 9.55 Å². The Balaban J connectivity index is 1.73. The summed E-state index contributed by atoms with van der Waals surface area (Å²) in [5, 5.41) is 12.6. The zero-order chi connectivity index (χ0) is 20.4. The number of aliphatic hydroxyl groups excluding tert-OH is 1. The van der Waals surface area contributed by atoms with E-state index in [0.29, 0.717) is 28.5 Å². The molecule has 1 aliphatic heterocycles. The van der Waals surface area contributed by atoms with Crippen LogP contribution < -0.4 is 5.56 Å². The minimum Gasteiger partial charge on any atom is -0.506 e. The van der Waals surface area contributed by atoms with Crippen LogP contribution in [0, 0.1) is 0 Å².